The van der Waals surface area contributed by atoms with Crippen LogP contribution in [0.2, 0.25) is 0 Å². The number of carbonyl (C=O) groups is 1. The number of halogens is 1. The van der Waals surface area contributed by atoms with Gasteiger partial charge in [-0.05, 0) is 31.9 Å². The minimum Gasteiger partial charge on any atom is -0.496 e. The lowest BCUT2D eigenvalue weighted by Crippen LogP contribution is -2.49. The van der Waals surface area contributed by atoms with Gasteiger partial charge in [-0.25, -0.2) is 9.18 Å². The molecule has 0 heterocycles. The number of methoxy groups -OCH3 is 1. The zero-order valence-electron chi connectivity index (χ0n) is 12.9. The molecule has 0 unspecified atom stereocenters. The van der Waals surface area contributed by atoms with Crippen LogP contribution in [0.5, 0.6) is 5.75 Å². The van der Waals surface area contributed by atoms with Crippen LogP contribution in [0, 0.1) is 5.82 Å². The predicted octanol–water partition coefficient (Wildman–Crippen LogP) is 2.50. The molecule has 1 aliphatic rings. The zero-order valence-corrected chi connectivity index (χ0v) is 12.9. The summed E-state index contributed by atoms with van der Waals surface area (Å²) in [7, 11) is 1.46. The number of carbonyl (C=O) groups excluding carboxylic acids is 1. The highest BCUT2D eigenvalue weighted by Crippen LogP contribution is 2.27. The van der Waals surface area contributed by atoms with Gasteiger partial charge in [-0.1, -0.05) is 18.9 Å². The Labute approximate surface area is 129 Å². The lowest BCUT2D eigenvalue weighted by Gasteiger charge is -2.29. The summed E-state index contributed by atoms with van der Waals surface area (Å²) in [5.41, 5.74) is 0.310. The largest absolute Gasteiger partial charge is 0.496 e. The van der Waals surface area contributed by atoms with E-state index < -0.39 is 24.0 Å². The molecule has 6 heteroatoms. The van der Waals surface area contributed by atoms with Crippen molar-refractivity contribution in [3.63, 3.8) is 0 Å². The summed E-state index contributed by atoms with van der Waals surface area (Å²) in [5.74, 6) is -0.0321. The Morgan fingerprint density at radius 3 is 2.82 bits per heavy atom. The maximum Gasteiger partial charge on any atom is 0.315 e. The van der Waals surface area contributed by atoms with E-state index in [0.717, 1.165) is 19.3 Å². The van der Waals surface area contributed by atoms with Crippen molar-refractivity contribution < 1.29 is 19.0 Å². The van der Waals surface area contributed by atoms with Gasteiger partial charge in [-0.3, -0.25) is 0 Å². The molecule has 1 aromatic rings. The fraction of sp³-hybridized carbons (Fsp3) is 0.562. The highest BCUT2D eigenvalue weighted by molar-refractivity contribution is 5.75. The van der Waals surface area contributed by atoms with Gasteiger partial charge in [0.15, 0.2) is 0 Å². The second-order valence-electron chi connectivity index (χ2n) is 5.65. The number of hydrogen-bond donors (Lipinski definition) is 3. The molecule has 122 valence electrons. The van der Waals surface area contributed by atoms with Gasteiger partial charge >= 0.3 is 6.03 Å². The Hall–Kier alpha value is -1.82. The van der Waals surface area contributed by atoms with Crippen LogP contribution in [0.4, 0.5) is 9.18 Å². The first-order valence-electron chi connectivity index (χ1n) is 7.60. The molecule has 0 aromatic heterocycles. The fourth-order valence-corrected chi connectivity index (χ4v) is 2.87. The van der Waals surface area contributed by atoms with Crippen molar-refractivity contribution in [3.8, 4) is 5.75 Å². The molecule has 3 atom stereocenters. The van der Waals surface area contributed by atoms with E-state index in [0.29, 0.717) is 17.7 Å². The van der Waals surface area contributed by atoms with Gasteiger partial charge < -0.3 is 20.5 Å². The molecule has 1 saturated carbocycles. The number of amides is 2. The first-order valence-corrected chi connectivity index (χ1v) is 7.60. The van der Waals surface area contributed by atoms with Crippen LogP contribution >= 0.6 is 0 Å². The van der Waals surface area contributed by atoms with Crippen LogP contribution in [-0.4, -0.2) is 30.4 Å². The summed E-state index contributed by atoms with van der Waals surface area (Å²) in [4.78, 5) is 12.1. The highest BCUT2D eigenvalue weighted by atomic mass is 19.1. The van der Waals surface area contributed by atoms with E-state index in [9.17, 15) is 14.3 Å². The number of rotatable bonds is 4. The third-order valence-electron chi connectivity index (χ3n) is 4.06. The van der Waals surface area contributed by atoms with E-state index in [-0.39, 0.29) is 6.04 Å². The first-order chi connectivity index (χ1) is 10.5. The minimum absolute atomic E-state index is 0.247. The Kier molecular flexibility index (Phi) is 5.60. The number of aliphatic hydroxyl groups excluding tert-OH is 1. The van der Waals surface area contributed by atoms with E-state index in [1.807, 2.05) is 0 Å². The number of nitrogens with one attached hydrogen (secondary N) is 2. The normalized spacial score (nSPS) is 22.7. The van der Waals surface area contributed by atoms with Gasteiger partial charge in [-0.15, -0.1) is 0 Å². The lowest BCUT2D eigenvalue weighted by molar-refractivity contribution is 0.0940. The first kappa shape index (κ1) is 16.5. The summed E-state index contributed by atoms with van der Waals surface area (Å²) in [5, 5.41) is 15.3. The van der Waals surface area contributed by atoms with Gasteiger partial charge in [0.25, 0.3) is 0 Å². The quantitative estimate of drug-likeness (QED) is 0.800. The molecule has 1 aliphatic carbocycles. The van der Waals surface area contributed by atoms with E-state index >= 15 is 0 Å². The molecule has 0 saturated heterocycles. The maximum absolute atomic E-state index is 14.0. The van der Waals surface area contributed by atoms with Gasteiger partial charge in [0.05, 0.1) is 30.9 Å². The van der Waals surface area contributed by atoms with Gasteiger partial charge in [0.2, 0.25) is 0 Å². The molecule has 22 heavy (non-hydrogen) atoms. The summed E-state index contributed by atoms with van der Waals surface area (Å²) >= 11 is 0. The Balaban J connectivity index is 1.99. The van der Waals surface area contributed by atoms with Crippen molar-refractivity contribution in [2.24, 2.45) is 0 Å². The van der Waals surface area contributed by atoms with E-state index in [1.54, 1.807) is 19.1 Å². The maximum atomic E-state index is 14.0. The molecule has 5 nitrogen and oxygen atoms in total. The van der Waals surface area contributed by atoms with Crippen LogP contribution < -0.4 is 15.4 Å². The second kappa shape index (κ2) is 7.45. The van der Waals surface area contributed by atoms with Crippen molar-refractivity contribution in [1.82, 2.24) is 10.6 Å². The van der Waals surface area contributed by atoms with Crippen LogP contribution in [0.15, 0.2) is 18.2 Å². The van der Waals surface area contributed by atoms with Crippen molar-refractivity contribution in [1.29, 1.82) is 0 Å². The van der Waals surface area contributed by atoms with Crippen LogP contribution in [0.1, 0.15) is 44.2 Å². The van der Waals surface area contributed by atoms with E-state index in [2.05, 4.69) is 10.6 Å². The Morgan fingerprint density at radius 1 is 1.41 bits per heavy atom. The number of ether oxygens (including phenoxy) is 1. The van der Waals surface area contributed by atoms with Gasteiger partial charge in [0.1, 0.15) is 11.6 Å². The molecule has 0 radical (unpaired) electrons. The summed E-state index contributed by atoms with van der Waals surface area (Å²) in [6, 6.07) is 3.34. The number of aliphatic hydroxyl groups is 1. The monoisotopic (exact) mass is 310 g/mol. The fourth-order valence-electron chi connectivity index (χ4n) is 2.87. The van der Waals surface area contributed by atoms with E-state index in [4.69, 9.17) is 4.74 Å². The number of urea groups is 1. The number of benzene rings is 1. The van der Waals surface area contributed by atoms with Crippen LogP contribution in [0.3, 0.4) is 0 Å². The average molecular weight is 310 g/mol. The topological polar surface area (TPSA) is 70.6 Å². The second-order valence-corrected chi connectivity index (χ2v) is 5.65. The molecule has 2 amide bonds. The highest BCUT2D eigenvalue weighted by Gasteiger charge is 2.25. The van der Waals surface area contributed by atoms with Crippen molar-refractivity contribution >= 4 is 6.03 Å². The molecule has 1 fully saturated rings. The lowest BCUT2D eigenvalue weighted by atomic mass is 9.93. The molecule has 0 spiro atoms. The SMILES string of the molecule is COc1cccc(F)c1[C@H](C)NC(=O)N[C@H]1CCCC[C@@H]1O. The molecular formula is C16H23FN2O3. The average Bonchev–Trinajstić information content (AvgIpc) is 2.49. The molecule has 0 aliphatic heterocycles. The summed E-state index contributed by atoms with van der Waals surface area (Å²) in [6.07, 6.45) is 2.90. The standard InChI is InChI=1S/C16H23FN2O3/c1-10(15-11(17)6-5-9-14(15)22-2)18-16(21)19-12-7-3-4-8-13(12)20/h5-6,9-10,12-13,20H,3-4,7-8H2,1-2H3,(H2,18,19,21)/t10-,12-,13-/m0/s1. The Bertz CT molecular complexity index is 524. The van der Waals surface area contributed by atoms with Crippen molar-refractivity contribution in [3.05, 3.63) is 29.6 Å². The molecule has 1 aromatic carbocycles. The minimum atomic E-state index is -0.545. The van der Waals surface area contributed by atoms with Crippen molar-refractivity contribution in [2.75, 3.05) is 7.11 Å². The molecule has 2 rings (SSSR count). The third kappa shape index (κ3) is 3.88. The zero-order chi connectivity index (χ0) is 16.1. The molecule has 3 N–H and O–H groups in total. The van der Waals surface area contributed by atoms with Gasteiger partial charge in [0, 0.05) is 0 Å². The smallest absolute Gasteiger partial charge is 0.315 e. The summed E-state index contributed by atoms with van der Waals surface area (Å²) < 4.78 is 19.1. The third-order valence-corrected chi connectivity index (χ3v) is 4.06. The van der Waals surface area contributed by atoms with E-state index in [1.165, 1.54) is 13.2 Å². The van der Waals surface area contributed by atoms with Crippen molar-refractivity contribution in [2.45, 2.75) is 50.8 Å². The van der Waals surface area contributed by atoms with Crippen LogP contribution in [0.25, 0.3) is 0 Å². The Morgan fingerprint density at radius 2 is 2.14 bits per heavy atom. The predicted molar refractivity (Wildman–Crippen MR) is 81.3 cm³/mol. The van der Waals surface area contributed by atoms with Crippen LogP contribution in [-0.2, 0) is 0 Å². The molecular weight excluding hydrogens is 287 g/mol. The molecule has 0 bridgehead atoms. The summed E-state index contributed by atoms with van der Waals surface area (Å²) in [6.45, 7) is 1.69. The van der Waals surface area contributed by atoms with Gasteiger partial charge in [-0.2, -0.15) is 0 Å². The number of hydrogen-bond acceptors (Lipinski definition) is 3.